The molecule has 0 radical (unpaired) electrons. The quantitative estimate of drug-likeness (QED) is 0.273. The second-order valence-corrected chi connectivity index (χ2v) is 7.17. The van der Waals surface area contributed by atoms with Gasteiger partial charge < -0.3 is 5.73 Å². The Morgan fingerprint density at radius 3 is 1.04 bits per heavy atom. The molecule has 0 aliphatic rings. The van der Waals surface area contributed by atoms with Crippen LogP contribution >= 0.6 is 0 Å². The predicted molar refractivity (Wildman–Crippen MR) is 109 cm³/mol. The molecule has 0 aliphatic carbocycles. The minimum Gasteiger partial charge on any atom is -0.370 e. The molecule has 2 nitrogen and oxygen atoms in total. The van der Waals surface area contributed by atoms with Gasteiger partial charge in [0, 0.05) is 6.42 Å². The Morgan fingerprint density at radius 1 is 0.500 bits per heavy atom. The molecule has 0 aromatic carbocycles. The largest absolute Gasteiger partial charge is 0.370 e. The highest BCUT2D eigenvalue weighted by Gasteiger charge is 1.96. The molecule has 0 unspecified atom stereocenters. The van der Waals surface area contributed by atoms with Crippen molar-refractivity contribution in [2.45, 2.75) is 136 Å². The maximum Gasteiger partial charge on any atom is 0.217 e. The van der Waals surface area contributed by atoms with Crippen LogP contribution in [0.5, 0.6) is 0 Å². The van der Waals surface area contributed by atoms with Crippen LogP contribution in [0.15, 0.2) is 0 Å². The molecule has 0 fully saturated rings. The van der Waals surface area contributed by atoms with Gasteiger partial charge in [0.2, 0.25) is 5.91 Å². The summed E-state index contributed by atoms with van der Waals surface area (Å²) in [7, 11) is 0. The third kappa shape index (κ3) is 29.5. The number of hydrogen-bond donors (Lipinski definition) is 1. The van der Waals surface area contributed by atoms with E-state index in [0.717, 1.165) is 6.42 Å². The van der Waals surface area contributed by atoms with Gasteiger partial charge >= 0.3 is 0 Å². The molecule has 0 spiro atoms. The summed E-state index contributed by atoms with van der Waals surface area (Å²) in [6.45, 7) is 6.64. The highest BCUT2D eigenvalue weighted by molar-refractivity contribution is 5.73. The molecule has 0 aromatic rings. The van der Waals surface area contributed by atoms with Crippen LogP contribution in [-0.4, -0.2) is 5.91 Å². The standard InChI is InChI=1S/C18H37NO.C4H10/c1-2-3-4-5-6-7-8-9-10-11-12-13-14-15-16-17-18(19)20;1-3-4-2/h2-17H2,1H3,(H2,19,20);3-4H2,1-2H3. The predicted octanol–water partition coefficient (Wildman–Crippen LogP) is 7.54. The SMILES string of the molecule is CCCC.CCCCCCCCCCCCCCCCCC(N)=O. The monoisotopic (exact) mass is 341 g/mol. The van der Waals surface area contributed by atoms with Gasteiger partial charge in [-0.3, -0.25) is 4.79 Å². The maximum atomic E-state index is 10.6. The molecule has 0 aromatic heterocycles. The molecule has 0 aliphatic heterocycles. The number of carbonyl (C=O) groups is 1. The summed E-state index contributed by atoms with van der Waals surface area (Å²) < 4.78 is 0. The molecule has 24 heavy (non-hydrogen) atoms. The number of carbonyl (C=O) groups excluding carboxylic acids is 1. The van der Waals surface area contributed by atoms with Gasteiger partial charge in [-0.1, -0.05) is 124 Å². The fourth-order valence-electron chi connectivity index (χ4n) is 2.67. The summed E-state index contributed by atoms with van der Waals surface area (Å²) in [4.78, 5) is 10.6. The summed E-state index contributed by atoms with van der Waals surface area (Å²) in [5, 5.41) is 0. The molecule has 0 atom stereocenters. The van der Waals surface area contributed by atoms with Crippen LogP contribution in [0.2, 0.25) is 0 Å². The number of rotatable bonds is 17. The normalized spacial score (nSPS) is 10.3. The van der Waals surface area contributed by atoms with Crippen molar-refractivity contribution in [1.82, 2.24) is 0 Å². The molecule has 0 saturated carbocycles. The number of nitrogens with two attached hydrogens (primary N) is 1. The van der Waals surface area contributed by atoms with Gasteiger partial charge in [0.15, 0.2) is 0 Å². The lowest BCUT2D eigenvalue weighted by molar-refractivity contribution is -0.118. The molecular formula is C22H47NO. The van der Waals surface area contributed by atoms with E-state index in [4.69, 9.17) is 5.73 Å². The average molecular weight is 342 g/mol. The number of primary amides is 1. The van der Waals surface area contributed by atoms with Gasteiger partial charge in [-0.15, -0.1) is 0 Å². The Morgan fingerprint density at radius 2 is 0.792 bits per heavy atom. The van der Waals surface area contributed by atoms with E-state index in [1.165, 1.54) is 103 Å². The number of amides is 1. The zero-order valence-corrected chi connectivity index (χ0v) is 17.2. The Labute approximate surface area is 153 Å². The first-order valence-corrected chi connectivity index (χ1v) is 11.0. The van der Waals surface area contributed by atoms with Crippen LogP contribution in [0.1, 0.15) is 136 Å². The molecule has 1 amide bonds. The Bertz CT molecular complexity index is 226. The number of unbranched alkanes of at least 4 members (excludes halogenated alkanes) is 15. The van der Waals surface area contributed by atoms with E-state index in [1.54, 1.807) is 0 Å². The van der Waals surface area contributed by atoms with Crippen LogP contribution in [0.4, 0.5) is 0 Å². The summed E-state index contributed by atoms with van der Waals surface area (Å²) >= 11 is 0. The second-order valence-electron chi connectivity index (χ2n) is 7.17. The first kappa shape index (κ1) is 25.7. The van der Waals surface area contributed by atoms with E-state index in [0.29, 0.717) is 6.42 Å². The molecular weight excluding hydrogens is 294 g/mol. The fourth-order valence-corrected chi connectivity index (χ4v) is 2.67. The summed E-state index contributed by atoms with van der Waals surface area (Å²) in [6.07, 6.45) is 23.5. The van der Waals surface area contributed by atoms with Gasteiger partial charge in [0.25, 0.3) is 0 Å². The van der Waals surface area contributed by atoms with E-state index >= 15 is 0 Å². The lowest BCUT2D eigenvalue weighted by atomic mass is 10.0. The zero-order chi connectivity index (χ0) is 18.3. The van der Waals surface area contributed by atoms with Crippen LogP contribution < -0.4 is 5.73 Å². The minimum absolute atomic E-state index is 0.153. The second kappa shape index (κ2) is 24.7. The Hall–Kier alpha value is -0.530. The zero-order valence-electron chi connectivity index (χ0n) is 17.2. The van der Waals surface area contributed by atoms with Gasteiger partial charge in [-0.05, 0) is 6.42 Å². The van der Waals surface area contributed by atoms with E-state index < -0.39 is 0 Å². The van der Waals surface area contributed by atoms with Gasteiger partial charge in [0.1, 0.15) is 0 Å². The lowest BCUT2D eigenvalue weighted by Crippen LogP contribution is -2.09. The summed E-state index contributed by atoms with van der Waals surface area (Å²) in [5.41, 5.74) is 5.11. The van der Waals surface area contributed by atoms with Crippen molar-refractivity contribution in [2.75, 3.05) is 0 Å². The highest BCUT2D eigenvalue weighted by atomic mass is 16.1. The molecule has 2 N–H and O–H groups in total. The van der Waals surface area contributed by atoms with E-state index in [-0.39, 0.29) is 5.91 Å². The number of hydrogen-bond acceptors (Lipinski definition) is 1. The third-order valence-corrected chi connectivity index (χ3v) is 4.53. The average Bonchev–Trinajstić information content (AvgIpc) is 2.58. The molecule has 0 saturated heterocycles. The van der Waals surface area contributed by atoms with Crippen molar-refractivity contribution >= 4 is 5.91 Å². The van der Waals surface area contributed by atoms with Crippen molar-refractivity contribution in [1.29, 1.82) is 0 Å². The van der Waals surface area contributed by atoms with Crippen LogP contribution in [0, 0.1) is 0 Å². The first-order chi connectivity index (χ1) is 11.7. The Kier molecular flexibility index (Phi) is 26.5. The lowest BCUT2D eigenvalue weighted by Gasteiger charge is -2.03. The van der Waals surface area contributed by atoms with Crippen molar-refractivity contribution in [3.05, 3.63) is 0 Å². The topological polar surface area (TPSA) is 43.1 Å². The van der Waals surface area contributed by atoms with E-state index in [9.17, 15) is 4.79 Å². The van der Waals surface area contributed by atoms with Crippen molar-refractivity contribution < 1.29 is 4.79 Å². The first-order valence-electron chi connectivity index (χ1n) is 11.0. The molecule has 0 rings (SSSR count). The van der Waals surface area contributed by atoms with Gasteiger partial charge in [-0.2, -0.15) is 0 Å². The van der Waals surface area contributed by atoms with E-state index in [2.05, 4.69) is 20.8 Å². The van der Waals surface area contributed by atoms with Crippen LogP contribution in [0.25, 0.3) is 0 Å². The molecule has 146 valence electrons. The van der Waals surface area contributed by atoms with E-state index in [1.807, 2.05) is 0 Å². The maximum absolute atomic E-state index is 10.6. The third-order valence-electron chi connectivity index (χ3n) is 4.53. The Balaban J connectivity index is 0. The summed E-state index contributed by atoms with van der Waals surface area (Å²) in [5.74, 6) is -0.153. The van der Waals surface area contributed by atoms with Crippen LogP contribution in [-0.2, 0) is 4.79 Å². The molecule has 2 heteroatoms. The van der Waals surface area contributed by atoms with Crippen molar-refractivity contribution in [3.63, 3.8) is 0 Å². The smallest absolute Gasteiger partial charge is 0.217 e. The molecule has 0 bridgehead atoms. The van der Waals surface area contributed by atoms with Crippen LogP contribution in [0.3, 0.4) is 0 Å². The minimum atomic E-state index is -0.153. The molecule has 0 heterocycles. The van der Waals surface area contributed by atoms with Gasteiger partial charge in [0.05, 0.1) is 0 Å². The summed E-state index contributed by atoms with van der Waals surface area (Å²) in [6, 6.07) is 0. The highest BCUT2D eigenvalue weighted by Crippen LogP contribution is 2.13. The van der Waals surface area contributed by atoms with Gasteiger partial charge in [-0.25, -0.2) is 0 Å². The fraction of sp³-hybridized carbons (Fsp3) is 0.955. The van der Waals surface area contributed by atoms with Crippen molar-refractivity contribution in [2.24, 2.45) is 5.73 Å². The van der Waals surface area contributed by atoms with Crippen molar-refractivity contribution in [3.8, 4) is 0 Å².